The Bertz CT molecular complexity index is 337. The van der Waals surface area contributed by atoms with Crippen LogP contribution in [0.25, 0.3) is 0 Å². The van der Waals surface area contributed by atoms with E-state index >= 15 is 0 Å². The summed E-state index contributed by atoms with van der Waals surface area (Å²) in [4.78, 5) is 0. The lowest BCUT2D eigenvalue weighted by atomic mass is 10.2. The Labute approximate surface area is 93.6 Å². The molecular weight excluding hydrogens is 268 g/mol. The highest BCUT2D eigenvalue weighted by Gasteiger charge is 2.21. The maximum atomic E-state index is 11.1. The van der Waals surface area contributed by atoms with Crippen LogP contribution in [-0.4, -0.2) is 16.5 Å². The van der Waals surface area contributed by atoms with Gasteiger partial charge in [-0.2, -0.15) is 9.44 Å². The predicted molar refractivity (Wildman–Crippen MR) is 61.1 cm³/mol. The van der Waals surface area contributed by atoms with Gasteiger partial charge in [0.1, 0.15) is 17.1 Å². The third kappa shape index (κ3) is 2.08. The number of halogens is 1. The molecule has 0 saturated carbocycles. The average molecular weight is 277 g/mol. The van der Waals surface area contributed by atoms with Crippen LogP contribution in [0.15, 0.2) is 18.2 Å². The number of benzene rings is 1. The number of hydrogen-bond acceptors (Lipinski definition) is 4. The van der Waals surface area contributed by atoms with E-state index in [4.69, 9.17) is 4.74 Å². The summed E-state index contributed by atoms with van der Waals surface area (Å²) in [6.45, 7) is 0.620. The third-order valence-electron chi connectivity index (χ3n) is 1.74. The van der Waals surface area contributed by atoms with Crippen molar-refractivity contribution in [3.63, 3.8) is 0 Å². The van der Waals surface area contributed by atoms with Gasteiger partial charge in [-0.1, -0.05) is 15.9 Å². The molecule has 1 unspecified atom stereocenters. The largest absolute Gasteiger partial charge is 0.568 e. The first-order valence-electron chi connectivity index (χ1n) is 4.07. The molecule has 0 radical (unpaired) electrons. The normalized spacial score (nSPS) is 18.3. The van der Waals surface area contributed by atoms with Gasteiger partial charge in [0.25, 0.3) is 0 Å². The Morgan fingerprint density at radius 1 is 1.36 bits per heavy atom. The number of rotatable bonds is 3. The fourth-order valence-electron chi connectivity index (χ4n) is 1.17. The van der Waals surface area contributed by atoms with E-state index < -0.39 is 11.5 Å². The topological polar surface area (TPSA) is 56.3 Å². The van der Waals surface area contributed by atoms with Crippen LogP contribution in [0.4, 0.5) is 11.4 Å². The van der Waals surface area contributed by atoms with Crippen molar-refractivity contribution in [3.05, 3.63) is 18.2 Å². The maximum Gasteiger partial charge on any atom is 0.192 e. The first-order valence-corrected chi connectivity index (χ1v) is 6.34. The zero-order chi connectivity index (χ0) is 9.97. The van der Waals surface area contributed by atoms with Gasteiger partial charge < -0.3 is 9.29 Å². The van der Waals surface area contributed by atoms with Gasteiger partial charge in [0, 0.05) is 11.4 Å². The Morgan fingerprint density at radius 3 is 2.93 bits per heavy atom. The Balaban J connectivity index is 2.12. The Morgan fingerprint density at radius 2 is 2.14 bits per heavy atom. The molecule has 76 valence electrons. The van der Waals surface area contributed by atoms with E-state index in [0.29, 0.717) is 6.61 Å². The molecule has 2 N–H and O–H groups in total. The van der Waals surface area contributed by atoms with Crippen molar-refractivity contribution in [2.75, 3.05) is 21.4 Å². The van der Waals surface area contributed by atoms with Crippen LogP contribution >= 0.6 is 15.9 Å². The molecule has 0 spiro atoms. The van der Waals surface area contributed by atoms with Gasteiger partial charge in [-0.15, -0.1) is 0 Å². The molecule has 1 heterocycles. The minimum Gasteiger partial charge on any atom is -0.568 e. The monoisotopic (exact) mass is 276 g/mol. The molecule has 2 rings (SSSR count). The molecule has 14 heavy (non-hydrogen) atoms. The number of fused-ring (bicyclic) bond motifs is 1. The number of nitrogens with one attached hydrogen (secondary N) is 2. The molecular formula is C8H9BrN2O2S. The first-order chi connectivity index (χ1) is 6.79. The zero-order valence-electron chi connectivity index (χ0n) is 7.25. The van der Waals surface area contributed by atoms with E-state index in [-0.39, 0.29) is 0 Å². The van der Waals surface area contributed by atoms with Gasteiger partial charge in [0.15, 0.2) is 11.5 Å². The van der Waals surface area contributed by atoms with Gasteiger partial charge in [-0.3, -0.25) is 0 Å². The highest BCUT2D eigenvalue weighted by Crippen LogP contribution is 2.32. The summed E-state index contributed by atoms with van der Waals surface area (Å²) in [6.07, 6.45) is 0. The van der Waals surface area contributed by atoms with Gasteiger partial charge >= 0.3 is 0 Å². The van der Waals surface area contributed by atoms with Crippen LogP contribution in [-0.2, 0) is 11.5 Å². The van der Waals surface area contributed by atoms with E-state index in [1.807, 2.05) is 18.2 Å². The summed E-state index contributed by atoms with van der Waals surface area (Å²) in [5, 5.41) is 0.793. The van der Waals surface area contributed by atoms with E-state index in [1.54, 1.807) is 0 Å². The van der Waals surface area contributed by atoms with E-state index in [1.165, 1.54) is 0 Å². The van der Waals surface area contributed by atoms with Crippen LogP contribution in [0.5, 0.6) is 5.75 Å². The van der Waals surface area contributed by atoms with E-state index in [0.717, 1.165) is 22.5 Å². The predicted octanol–water partition coefficient (Wildman–Crippen LogP) is 1.88. The summed E-state index contributed by atoms with van der Waals surface area (Å²) >= 11 is 2.08. The number of anilines is 2. The molecule has 0 fully saturated rings. The van der Waals surface area contributed by atoms with Crippen LogP contribution in [0.1, 0.15) is 0 Å². The highest BCUT2D eigenvalue weighted by atomic mass is 79.9. The number of ether oxygens (including phenoxy) is 1. The van der Waals surface area contributed by atoms with Crippen LogP contribution < -0.4 is 14.2 Å². The lowest BCUT2D eigenvalue weighted by Gasteiger charge is -2.03. The van der Waals surface area contributed by atoms with Crippen molar-refractivity contribution in [1.82, 2.24) is 0 Å². The quantitative estimate of drug-likeness (QED) is 0.654. The maximum absolute atomic E-state index is 11.1. The number of hydrogen-bond donors (Lipinski definition) is 2. The molecule has 0 bridgehead atoms. The third-order valence-corrected chi connectivity index (χ3v) is 2.88. The van der Waals surface area contributed by atoms with Crippen molar-refractivity contribution >= 4 is 38.9 Å². The van der Waals surface area contributed by atoms with E-state index in [9.17, 15) is 4.55 Å². The molecule has 0 aromatic heterocycles. The second kappa shape index (κ2) is 4.29. The molecule has 0 aliphatic carbocycles. The fraction of sp³-hybridized carbons (Fsp3) is 0.250. The van der Waals surface area contributed by atoms with Gasteiger partial charge in [0.2, 0.25) is 0 Å². The smallest absolute Gasteiger partial charge is 0.192 e. The summed E-state index contributed by atoms with van der Waals surface area (Å²) in [5.74, 6) is 0.774. The molecule has 0 saturated heterocycles. The summed E-state index contributed by atoms with van der Waals surface area (Å²) in [7, 11) is 0. The van der Waals surface area contributed by atoms with Crippen LogP contribution in [0, 0.1) is 0 Å². The average Bonchev–Trinajstić information content (AvgIpc) is 2.54. The van der Waals surface area contributed by atoms with Gasteiger partial charge in [-0.05, 0) is 12.1 Å². The standard InChI is InChI=1S/C8H9BrN2O2S/c9-3-4-13-6-1-2-7-8(5-6)11-14(12)10-7/h1-2,5,10-11H,3-4H2. The Kier molecular flexibility index (Phi) is 3.05. The van der Waals surface area contributed by atoms with Gasteiger partial charge in [0.05, 0.1) is 6.61 Å². The van der Waals surface area contributed by atoms with Crippen molar-refractivity contribution < 1.29 is 9.29 Å². The molecule has 1 aromatic rings. The van der Waals surface area contributed by atoms with Crippen molar-refractivity contribution in [1.29, 1.82) is 0 Å². The second-order valence-electron chi connectivity index (χ2n) is 2.72. The molecule has 4 nitrogen and oxygen atoms in total. The fourth-order valence-corrected chi connectivity index (χ4v) is 2.13. The number of alkyl halides is 1. The summed E-state index contributed by atoms with van der Waals surface area (Å²) in [6, 6.07) is 5.52. The summed E-state index contributed by atoms with van der Waals surface area (Å²) < 4.78 is 22.0. The SMILES string of the molecule is [O-][S+]1Nc2ccc(OCCBr)cc2N1. The van der Waals surface area contributed by atoms with Gasteiger partial charge in [-0.25, -0.2) is 0 Å². The van der Waals surface area contributed by atoms with Crippen molar-refractivity contribution in [2.24, 2.45) is 0 Å². The van der Waals surface area contributed by atoms with Crippen LogP contribution in [0.2, 0.25) is 0 Å². The lowest BCUT2D eigenvalue weighted by Crippen LogP contribution is -2.12. The molecule has 1 atom stereocenters. The van der Waals surface area contributed by atoms with Crippen molar-refractivity contribution in [2.45, 2.75) is 0 Å². The lowest BCUT2D eigenvalue weighted by molar-refractivity contribution is 0.345. The zero-order valence-corrected chi connectivity index (χ0v) is 9.65. The highest BCUT2D eigenvalue weighted by molar-refractivity contribution is 9.09. The van der Waals surface area contributed by atoms with E-state index in [2.05, 4.69) is 25.4 Å². The second-order valence-corrected chi connectivity index (χ2v) is 4.46. The van der Waals surface area contributed by atoms with Crippen LogP contribution in [0.3, 0.4) is 0 Å². The molecule has 1 aliphatic heterocycles. The molecule has 6 heteroatoms. The molecule has 1 aromatic carbocycles. The first kappa shape index (κ1) is 9.95. The Hall–Kier alpha value is -0.590. The molecule has 1 aliphatic rings. The molecule has 0 amide bonds. The summed E-state index contributed by atoms with van der Waals surface area (Å²) in [5.41, 5.74) is 1.66. The van der Waals surface area contributed by atoms with Crippen molar-refractivity contribution in [3.8, 4) is 5.75 Å². The minimum atomic E-state index is -1.20. The minimum absolute atomic E-state index is 0.620.